The van der Waals surface area contributed by atoms with Gasteiger partial charge in [-0.1, -0.05) is 6.07 Å². The van der Waals surface area contributed by atoms with Crippen LogP contribution in [0.2, 0.25) is 0 Å². The highest BCUT2D eigenvalue weighted by Gasteiger charge is 2.41. The molecule has 3 heterocycles. The van der Waals surface area contributed by atoms with E-state index in [2.05, 4.69) is 21.7 Å². The quantitative estimate of drug-likeness (QED) is 0.822. The van der Waals surface area contributed by atoms with Crippen LogP contribution in [0.5, 0.6) is 0 Å². The molecule has 2 aliphatic heterocycles. The highest BCUT2D eigenvalue weighted by molar-refractivity contribution is 7.07. The summed E-state index contributed by atoms with van der Waals surface area (Å²) in [6.07, 6.45) is 2.85. The maximum atomic E-state index is 13.6. The van der Waals surface area contributed by atoms with Crippen LogP contribution in [0.3, 0.4) is 0 Å². The Balaban J connectivity index is 1.46. The van der Waals surface area contributed by atoms with Gasteiger partial charge >= 0.3 is 0 Å². The van der Waals surface area contributed by atoms with Gasteiger partial charge in [0.05, 0.1) is 12.1 Å². The fourth-order valence-corrected chi connectivity index (χ4v) is 4.58. The summed E-state index contributed by atoms with van der Waals surface area (Å²) in [5.74, 6) is -0.417. The van der Waals surface area contributed by atoms with Gasteiger partial charge in [-0.05, 0) is 66.4 Å². The maximum Gasteiger partial charge on any atom is 0.253 e. The number of rotatable bonds is 3. The van der Waals surface area contributed by atoms with Crippen LogP contribution in [-0.2, 0) is 16.1 Å². The minimum atomic E-state index is -0.330. The second-order valence-corrected chi connectivity index (χ2v) is 7.97. The van der Waals surface area contributed by atoms with E-state index in [0.717, 1.165) is 38.9 Å². The van der Waals surface area contributed by atoms with Gasteiger partial charge in [-0.15, -0.1) is 0 Å². The lowest BCUT2D eigenvalue weighted by Gasteiger charge is -2.42. The van der Waals surface area contributed by atoms with Crippen LogP contribution in [-0.4, -0.2) is 42.6 Å². The van der Waals surface area contributed by atoms with Crippen molar-refractivity contribution in [2.24, 2.45) is 0 Å². The van der Waals surface area contributed by atoms with Crippen LogP contribution in [0.25, 0.3) is 0 Å². The van der Waals surface area contributed by atoms with Gasteiger partial charge in [-0.3, -0.25) is 9.69 Å². The molecule has 1 amide bonds. The van der Waals surface area contributed by atoms with Gasteiger partial charge < -0.3 is 9.64 Å². The fraction of sp³-hybridized carbons (Fsp3) is 0.450. The van der Waals surface area contributed by atoms with E-state index in [9.17, 15) is 9.18 Å². The Hall–Kier alpha value is -1.76. The number of carbonyl (C=O) groups excluding carboxylic acids is 1. The zero-order valence-corrected chi connectivity index (χ0v) is 15.5. The van der Waals surface area contributed by atoms with Crippen molar-refractivity contribution < 1.29 is 13.9 Å². The van der Waals surface area contributed by atoms with Gasteiger partial charge in [0, 0.05) is 18.8 Å². The van der Waals surface area contributed by atoms with Gasteiger partial charge in [0.2, 0.25) is 0 Å². The van der Waals surface area contributed by atoms with E-state index in [-0.39, 0.29) is 23.9 Å². The Morgan fingerprint density at radius 1 is 1.23 bits per heavy atom. The number of halogens is 1. The van der Waals surface area contributed by atoms with Crippen molar-refractivity contribution in [2.45, 2.75) is 31.4 Å². The Labute approximate surface area is 157 Å². The fourth-order valence-electron chi connectivity index (χ4n) is 3.92. The molecule has 4 nitrogen and oxygen atoms in total. The number of hydrogen-bond donors (Lipinski definition) is 0. The molecule has 2 fully saturated rings. The molecule has 1 aromatic carbocycles. The molecule has 0 saturated carbocycles. The monoisotopic (exact) mass is 374 g/mol. The molecule has 1 spiro atoms. The molecule has 2 aromatic rings. The van der Waals surface area contributed by atoms with Crippen molar-refractivity contribution in [3.8, 4) is 0 Å². The number of nitrogens with zero attached hydrogens (tertiary/aromatic N) is 2. The second kappa shape index (κ2) is 7.47. The topological polar surface area (TPSA) is 32.8 Å². The molecule has 0 aliphatic carbocycles. The second-order valence-electron chi connectivity index (χ2n) is 7.19. The lowest BCUT2D eigenvalue weighted by Crippen LogP contribution is -2.55. The third-order valence-electron chi connectivity index (χ3n) is 5.35. The Bertz CT molecular complexity index is 767. The molecule has 1 unspecified atom stereocenters. The smallest absolute Gasteiger partial charge is 0.253 e. The minimum Gasteiger partial charge on any atom is -0.363 e. The van der Waals surface area contributed by atoms with Gasteiger partial charge in [0.15, 0.2) is 0 Å². The van der Waals surface area contributed by atoms with Crippen LogP contribution in [0.4, 0.5) is 10.1 Å². The molecule has 2 aliphatic rings. The highest BCUT2D eigenvalue weighted by atomic mass is 32.1. The van der Waals surface area contributed by atoms with Gasteiger partial charge in [-0.25, -0.2) is 4.39 Å². The molecule has 2 saturated heterocycles. The van der Waals surface area contributed by atoms with Gasteiger partial charge in [0.25, 0.3) is 5.91 Å². The number of carbonyl (C=O) groups is 1. The molecule has 6 heteroatoms. The summed E-state index contributed by atoms with van der Waals surface area (Å²) in [5, 5.41) is 4.31. The van der Waals surface area contributed by atoms with Crippen LogP contribution >= 0.6 is 11.3 Å². The highest BCUT2D eigenvalue weighted by Crippen LogP contribution is 2.33. The summed E-state index contributed by atoms with van der Waals surface area (Å²) in [6, 6.07) is 8.44. The third kappa shape index (κ3) is 3.82. The zero-order valence-electron chi connectivity index (χ0n) is 14.7. The lowest BCUT2D eigenvalue weighted by molar-refractivity contribution is -0.140. The summed E-state index contributed by atoms with van der Waals surface area (Å²) >= 11 is 1.73. The number of ether oxygens (including phenoxy) is 1. The van der Waals surface area contributed by atoms with Crippen molar-refractivity contribution in [1.29, 1.82) is 0 Å². The van der Waals surface area contributed by atoms with Crippen LogP contribution in [0.15, 0.2) is 41.1 Å². The average Bonchev–Trinajstić information content (AvgIpc) is 3.07. The molecule has 4 rings (SSSR count). The number of hydrogen-bond acceptors (Lipinski definition) is 4. The Kier molecular flexibility index (Phi) is 5.07. The van der Waals surface area contributed by atoms with Crippen molar-refractivity contribution in [2.75, 3.05) is 31.1 Å². The van der Waals surface area contributed by atoms with Crippen molar-refractivity contribution in [3.63, 3.8) is 0 Å². The summed E-state index contributed by atoms with van der Waals surface area (Å²) in [7, 11) is 0. The van der Waals surface area contributed by atoms with E-state index < -0.39 is 0 Å². The first-order valence-electron chi connectivity index (χ1n) is 9.07. The first-order valence-corrected chi connectivity index (χ1v) is 10.0. The minimum absolute atomic E-state index is 0.0705. The third-order valence-corrected chi connectivity index (χ3v) is 6.08. The van der Waals surface area contributed by atoms with Gasteiger partial charge in [0.1, 0.15) is 12.4 Å². The number of thiophene rings is 1. The van der Waals surface area contributed by atoms with Crippen molar-refractivity contribution >= 4 is 22.9 Å². The van der Waals surface area contributed by atoms with E-state index in [1.807, 2.05) is 0 Å². The normalized spacial score (nSPS) is 24.8. The summed E-state index contributed by atoms with van der Waals surface area (Å²) < 4.78 is 19.7. The Morgan fingerprint density at radius 3 is 2.96 bits per heavy atom. The Morgan fingerprint density at radius 2 is 2.15 bits per heavy atom. The van der Waals surface area contributed by atoms with E-state index in [4.69, 9.17) is 4.74 Å². The standard InChI is InChI=1S/C20H23FN2O2S/c21-17-3-1-4-18(11-17)23-15-20(25-13-19(23)24)6-2-8-22(9-7-20)12-16-5-10-26-14-16/h1,3-5,10-11,14H,2,6-9,12-13,15H2. The van der Waals surface area contributed by atoms with Crippen LogP contribution in [0, 0.1) is 5.82 Å². The SMILES string of the molecule is O=C1COC2(CCCN(Cc3ccsc3)CC2)CN1c1cccc(F)c1. The van der Waals surface area contributed by atoms with Crippen LogP contribution < -0.4 is 4.90 Å². The maximum absolute atomic E-state index is 13.6. The lowest BCUT2D eigenvalue weighted by atomic mass is 9.92. The van der Waals surface area contributed by atoms with E-state index in [1.54, 1.807) is 28.4 Å². The predicted octanol–water partition coefficient (Wildman–Crippen LogP) is 3.68. The molecular weight excluding hydrogens is 351 g/mol. The molecule has 0 N–H and O–H groups in total. The van der Waals surface area contributed by atoms with E-state index >= 15 is 0 Å². The number of likely N-dealkylation sites (tertiary alicyclic amines) is 1. The first-order chi connectivity index (χ1) is 12.6. The van der Waals surface area contributed by atoms with Crippen molar-refractivity contribution in [3.05, 3.63) is 52.5 Å². The van der Waals surface area contributed by atoms with E-state index in [0.29, 0.717) is 12.2 Å². The molecule has 0 radical (unpaired) electrons. The molecule has 1 atom stereocenters. The number of benzene rings is 1. The zero-order chi connectivity index (χ0) is 18.0. The van der Waals surface area contributed by atoms with Gasteiger partial charge in [-0.2, -0.15) is 11.3 Å². The molecule has 138 valence electrons. The molecular formula is C20H23FN2O2S. The molecule has 0 bridgehead atoms. The van der Waals surface area contributed by atoms with Crippen LogP contribution in [0.1, 0.15) is 24.8 Å². The number of morpholine rings is 1. The molecule has 26 heavy (non-hydrogen) atoms. The van der Waals surface area contributed by atoms with E-state index in [1.165, 1.54) is 17.7 Å². The first kappa shape index (κ1) is 17.6. The molecule has 1 aromatic heterocycles. The largest absolute Gasteiger partial charge is 0.363 e. The predicted molar refractivity (Wildman–Crippen MR) is 101 cm³/mol. The number of amides is 1. The van der Waals surface area contributed by atoms with Crippen molar-refractivity contribution in [1.82, 2.24) is 4.90 Å². The summed E-state index contributed by atoms with van der Waals surface area (Å²) in [4.78, 5) is 16.5. The summed E-state index contributed by atoms with van der Waals surface area (Å²) in [6.45, 7) is 3.52. The summed E-state index contributed by atoms with van der Waals surface area (Å²) in [5.41, 5.74) is 1.65. The average molecular weight is 374 g/mol. The number of anilines is 1.